The molecule has 0 fully saturated rings. The van der Waals surface area contributed by atoms with Crippen molar-refractivity contribution in [3.8, 4) is 0 Å². The molecule has 0 aromatic heterocycles. The third-order valence-electron chi connectivity index (χ3n) is 3.37. The maximum atomic E-state index is 12.6. The molecule has 22 heavy (non-hydrogen) atoms. The monoisotopic (exact) mass is 305 g/mol. The van der Waals surface area contributed by atoms with Gasteiger partial charge >= 0.3 is 0 Å². The highest BCUT2D eigenvalue weighted by Gasteiger charge is 2.21. The van der Waals surface area contributed by atoms with Gasteiger partial charge in [-0.2, -0.15) is 0 Å². The average molecular weight is 305 g/mol. The number of likely N-dealkylation sites (N-methyl/N-ethyl adjacent to an activating group) is 2. The second kappa shape index (κ2) is 9.20. The van der Waals surface area contributed by atoms with Crippen molar-refractivity contribution in [3.05, 3.63) is 30.3 Å². The first-order valence-electron chi connectivity index (χ1n) is 7.85. The Balaban J connectivity index is 2.76. The van der Waals surface area contributed by atoms with E-state index in [0.717, 1.165) is 5.69 Å². The van der Waals surface area contributed by atoms with Crippen LogP contribution in [0.4, 0.5) is 5.69 Å². The molecule has 5 heteroatoms. The molecule has 0 atom stereocenters. The SMILES string of the molecule is CCNC(=O)CN(CC)CC(=O)N(c1ccccc1)C(C)C. The molecule has 0 bridgehead atoms. The summed E-state index contributed by atoms with van der Waals surface area (Å²) in [6.07, 6.45) is 0. The minimum atomic E-state index is -0.0482. The van der Waals surface area contributed by atoms with E-state index < -0.39 is 0 Å². The maximum Gasteiger partial charge on any atom is 0.241 e. The largest absolute Gasteiger partial charge is 0.355 e. The van der Waals surface area contributed by atoms with Gasteiger partial charge in [-0.05, 0) is 39.4 Å². The molecular formula is C17H27N3O2. The molecule has 0 unspecified atom stereocenters. The Labute approximate surface area is 133 Å². The highest BCUT2D eigenvalue weighted by Crippen LogP contribution is 2.16. The summed E-state index contributed by atoms with van der Waals surface area (Å²) in [7, 11) is 0. The number of anilines is 1. The summed E-state index contributed by atoms with van der Waals surface area (Å²) in [5, 5.41) is 2.76. The molecule has 0 heterocycles. The van der Waals surface area contributed by atoms with E-state index in [1.807, 2.05) is 62.9 Å². The summed E-state index contributed by atoms with van der Waals surface area (Å²) in [5.74, 6) is -0.0414. The Morgan fingerprint density at radius 3 is 2.23 bits per heavy atom. The number of benzene rings is 1. The molecule has 0 radical (unpaired) electrons. The lowest BCUT2D eigenvalue weighted by molar-refractivity contribution is -0.124. The van der Waals surface area contributed by atoms with Crippen LogP contribution in [0, 0.1) is 0 Å². The van der Waals surface area contributed by atoms with E-state index in [-0.39, 0.29) is 30.9 Å². The van der Waals surface area contributed by atoms with Crippen molar-refractivity contribution in [2.24, 2.45) is 0 Å². The van der Waals surface area contributed by atoms with Crippen molar-refractivity contribution in [1.82, 2.24) is 10.2 Å². The number of amides is 2. The molecule has 122 valence electrons. The zero-order chi connectivity index (χ0) is 16.5. The molecule has 1 N–H and O–H groups in total. The topological polar surface area (TPSA) is 52.7 Å². The van der Waals surface area contributed by atoms with E-state index in [1.165, 1.54) is 0 Å². The number of carbonyl (C=O) groups excluding carboxylic acids is 2. The molecule has 2 amide bonds. The molecule has 1 rings (SSSR count). The van der Waals surface area contributed by atoms with Crippen LogP contribution in [0.3, 0.4) is 0 Å². The first-order chi connectivity index (χ1) is 10.5. The van der Waals surface area contributed by atoms with Gasteiger partial charge in [-0.3, -0.25) is 14.5 Å². The first kappa shape index (κ1) is 18.2. The lowest BCUT2D eigenvalue weighted by Crippen LogP contribution is -2.46. The Bertz CT molecular complexity index is 474. The van der Waals surface area contributed by atoms with Crippen LogP contribution in [0.2, 0.25) is 0 Å². The van der Waals surface area contributed by atoms with Crippen LogP contribution in [-0.2, 0) is 9.59 Å². The summed E-state index contributed by atoms with van der Waals surface area (Å²) in [6, 6.07) is 9.70. The number of nitrogens with zero attached hydrogens (tertiary/aromatic N) is 2. The zero-order valence-electron chi connectivity index (χ0n) is 14.0. The fourth-order valence-corrected chi connectivity index (χ4v) is 2.32. The van der Waals surface area contributed by atoms with Crippen LogP contribution in [-0.4, -0.2) is 48.9 Å². The summed E-state index contributed by atoms with van der Waals surface area (Å²) >= 11 is 0. The Morgan fingerprint density at radius 1 is 1.09 bits per heavy atom. The van der Waals surface area contributed by atoms with Crippen molar-refractivity contribution >= 4 is 17.5 Å². The third kappa shape index (κ3) is 5.48. The van der Waals surface area contributed by atoms with Crippen LogP contribution in [0.15, 0.2) is 30.3 Å². The van der Waals surface area contributed by atoms with Gasteiger partial charge in [-0.1, -0.05) is 25.1 Å². The molecule has 1 aromatic carbocycles. The second-order valence-electron chi connectivity index (χ2n) is 5.45. The summed E-state index contributed by atoms with van der Waals surface area (Å²) in [4.78, 5) is 28.0. The van der Waals surface area contributed by atoms with Gasteiger partial charge in [0.1, 0.15) is 0 Å². The fraction of sp³-hybridized carbons (Fsp3) is 0.529. The average Bonchev–Trinajstić information content (AvgIpc) is 2.47. The molecule has 0 spiro atoms. The van der Waals surface area contributed by atoms with E-state index in [9.17, 15) is 9.59 Å². The summed E-state index contributed by atoms with van der Waals surface area (Å²) in [5.41, 5.74) is 0.886. The molecule has 0 aliphatic heterocycles. The number of rotatable bonds is 8. The van der Waals surface area contributed by atoms with Gasteiger partial charge in [0, 0.05) is 18.3 Å². The van der Waals surface area contributed by atoms with E-state index in [2.05, 4.69) is 5.32 Å². The van der Waals surface area contributed by atoms with Crippen molar-refractivity contribution in [3.63, 3.8) is 0 Å². The normalized spacial score (nSPS) is 10.8. The predicted molar refractivity (Wildman–Crippen MR) is 89.9 cm³/mol. The Kier molecular flexibility index (Phi) is 7.60. The third-order valence-corrected chi connectivity index (χ3v) is 3.37. The van der Waals surface area contributed by atoms with E-state index in [4.69, 9.17) is 0 Å². The van der Waals surface area contributed by atoms with Gasteiger partial charge in [0.15, 0.2) is 0 Å². The molecule has 0 aliphatic rings. The fourth-order valence-electron chi connectivity index (χ4n) is 2.32. The minimum Gasteiger partial charge on any atom is -0.355 e. The standard InChI is InChI=1S/C17H27N3O2/c1-5-18-16(21)12-19(6-2)13-17(22)20(14(3)4)15-10-8-7-9-11-15/h7-11,14H,5-6,12-13H2,1-4H3,(H,18,21). The first-order valence-corrected chi connectivity index (χ1v) is 7.85. The van der Waals surface area contributed by atoms with Gasteiger partial charge in [-0.25, -0.2) is 0 Å². The van der Waals surface area contributed by atoms with Gasteiger partial charge < -0.3 is 10.2 Å². The van der Waals surface area contributed by atoms with E-state index >= 15 is 0 Å². The maximum absolute atomic E-state index is 12.6. The van der Waals surface area contributed by atoms with Crippen LogP contribution in [0.5, 0.6) is 0 Å². The number of carbonyl (C=O) groups is 2. The smallest absolute Gasteiger partial charge is 0.241 e. The number of hydrogen-bond donors (Lipinski definition) is 1. The van der Waals surface area contributed by atoms with Crippen molar-refractivity contribution in [1.29, 1.82) is 0 Å². The van der Waals surface area contributed by atoms with Crippen LogP contribution < -0.4 is 10.2 Å². The molecular weight excluding hydrogens is 278 g/mol. The molecule has 5 nitrogen and oxygen atoms in total. The van der Waals surface area contributed by atoms with E-state index in [1.54, 1.807) is 4.90 Å². The van der Waals surface area contributed by atoms with Gasteiger partial charge in [0.2, 0.25) is 11.8 Å². The molecule has 0 saturated heterocycles. The Morgan fingerprint density at radius 2 is 1.73 bits per heavy atom. The van der Waals surface area contributed by atoms with Crippen LogP contribution in [0.1, 0.15) is 27.7 Å². The zero-order valence-corrected chi connectivity index (χ0v) is 14.0. The lowest BCUT2D eigenvalue weighted by atomic mass is 10.2. The number of para-hydroxylation sites is 1. The molecule has 0 aliphatic carbocycles. The highest BCUT2D eigenvalue weighted by molar-refractivity contribution is 5.95. The quantitative estimate of drug-likeness (QED) is 0.798. The van der Waals surface area contributed by atoms with E-state index in [0.29, 0.717) is 13.1 Å². The number of nitrogens with one attached hydrogen (secondary N) is 1. The van der Waals surface area contributed by atoms with Crippen LogP contribution >= 0.6 is 0 Å². The lowest BCUT2D eigenvalue weighted by Gasteiger charge is -2.29. The Hall–Kier alpha value is -1.88. The number of hydrogen-bond acceptors (Lipinski definition) is 3. The van der Waals surface area contributed by atoms with Crippen LogP contribution in [0.25, 0.3) is 0 Å². The molecule has 1 aromatic rings. The summed E-state index contributed by atoms with van der Waals surface area (Å²) in [6.45, 7) is 9.56. The predicted octanol–water partition coefficient (Wildman–Crippen LogP) is 1.89. The van der Waals surface area contributed by atoms with Gasteiger partial charge in [-0.15, -0.1) is 0 Å². The second-order valence-corrected chi connectivity index (χ2v) is 5.45. The van der Waals surface area contributed by atoms with Crippen molar-refractivity contribution in [2.75, 3.05) is 31.1 Å². The minimum absolute atomic E-state index is 0.00680. The molecule has 0 saturated carbocycles. The summed E-state index contributed by atoms with van der Waals surface area (Å²) < 4.78 is 0. The van der Waals surface area contributed by atoms with Gasteiger partial charge in [0.25, 0.3) is 0 Å². The van der Waals surface area contributed by atoms with Crippen molar-refractivity contribution < 1.29 is 9.59 Å². The highest BCUT2D eigenvalue weighted by atomic mass is 16.2. The van der Waals surface area contributed by atoms with Gasteiger partial charge in [0.05, 0.1) is 13.1 Å². The van der Waals surface area contributed by atoms with Crippen molar-refractivity contribution in [2.45, 2.75) is 33.7 Å².